The Hall–Kier alpha value is -6.85. The Kier molecular flexibility index (Phi) is 6.42. The highest BCUT2D eigenvalue weighted by molar-refractivity contribution is 6.14. The highest BCUT2D eigenvalue weighted by atomic mass is 16.3. The summed E-state index contributed by atoms with van der Waals surface area (Å²) in [7, 11) is 0. The maximum Gasteiger partial charge on any atom is 0.164 e. The third kappa shape index (κ3) is 4.67. The van der Waals surface area contributed by atoms with Crippen molar-refractivity contribution < 1.29 is 8.83 Å². The molecular weight excluding hydrogens is 615 g/mol. The summed E-state index contributed by atoms with van der Waals surface area (Å²) in [5.74, 6) is 1.71. The van der Waals surface area contributed by atoms with E-state index in [9.17, 15) is 0 Å². The number of para-hydroxylation sites is 2. The lowest BCUT2D eigenvalue weighted by Crippen LogP contribution is -2.00. The van der Waals surface area contributed by atoms with Gasteiger partial charge in [0.2, 0.25) is 0 Å². The molecule has 0 spiro atoms. The molecule has 0 N–H and O–H groups in total. The SMILES string of the molecule is c1ccc(-c2ccc(-c3nc(-c4cc(-c5ccccc5)c5c(c4)oc4ccccc45)nc(-c4cccc5oc6ccccc6c45)n3)cc2)cc1. The fourth-order valence-electron chi connectivity index (χ4n) is 6.99. The van der Waals surface area contributed by atoms with Crippen molar-refractivity contribution in [3.05, 3.63) is 164 Å². The first-order chi connectivity index (χ1) is 24.8. The quantitative estimate of drug-likeness (QED) is 0.187. The number of hydrogen-bond acceptors (Lipinski definition) is 5. The second-order valence-corrected chi connectivity index (χ2v) is 12.4. The number of furan rings is 2. The van der Waals surface area contributed by atoms with Crippen molar-refractivity contribution in [2.24, 2.45) is 0 Å². The van der Waals surface area contributed by atoms with Crippen molar-refractivity contribution in [3.8, 4) is 56.4 Å². The van der Waals surface area contributed by atoms with E-state index in [1.54, 1.807) is 0 Å². The lowest BCUT2D eigenvalue weighted by Gasteiger charge is -2.11. The zero-order valence-electron chi connectivity index (χ0n) is 26.7. The Morgan fingerprint density at radius 1 is 0.300 bits per heavy atom. The molecule has 0 bridgehead atoms. The fourth-order valence-corrected chi connectivity index (χ4v) is 6.99. The van der Waals surface area contributed by atoms with Crippen LogP contribution >= 0.6 is 0 Å². The van der Waals surface area contributed by atoms with Crippen molar-refractivity contribution >= 4 is 43.9 Å². The first-order valence-corrected chi connectivity index (χ1v) is 16.6. The van der Waals surface area contributed by atoms with Gasteiger partial charge in [-0.1, -0.05) is 133 Å². The standard InChI is InChI=1S/C45H27N3O2/c1-3-12-28(13-4-1)29-22-24-31(25-23-29)43-46-44(48-45(47-43)35-18-11-21-39-41(35)33-16-7-9-19-37(33)49-39)32-26-36(30-14-5-2-6-15-30)42-34-17-8-10-20-38(34)50-40(42)27-32/h1-27H. The lowest BCUT2D eigenvalue weighted by molar-refractivity contribution is 0.668. The van der Waals surface area contributed by atoms with E-state index in [4.69, 9.17) is 23.8 Å². The largest absolute Gasteiger partial charge is 0.456 e. The number of aromatic nitrogens is 3. The van der Waals surface area contributed by atoms with Crippen LogP contribution in [0.15, 0.2) is 173 Å². The van der Waals surface area contributed by atoms with Crippen molar-refractivity contribution in [2.45, 2.75) is 0 Å². The minimum Gasteiger partial charge on any atom is -0.456 e. The van der Waals surface area contributed by atoms with Gasteiger partial charge in [0.1, 0.15) is 22.3 Å². The minimum absolute atomic E-state index is 0.557. The first kappa shape index (κ1) is 28.2. The Morgan fingerprint density at radius 2 is 0.800 bits per heavy atom. The van der Waals surface area contributed by atoms with Gasteiger partial charge >= 0.3 is 0 Å². The van der Waals surface area contributed by atoms with Gasteiger partial charge in [-0.05, 0) is 52.6 Å². The summed E-state index contributed by atoms with van der Waals surface area (Å²) in [6.07, 6.45) is 0. The Bertz CT molecular complexity index is 2850. The molecule has 0 saturated heterocycles. The molecule has 50 heavy (non-hydrogen) atoms. The highest BCUT2D eigenvalue weighted by Gasteiger charge is 2.20. The van der Waals surface area contributed by atoms with Crippen LogP contribution in [0.4, 0.5) is 0 Å². The monoisotopic (exact) mass is 641 g/mol. The number of fused-ring (bicyclic) bond motifs is 6. The summed E-state index contributed by atoms with van der Waals surface area (Å²) < 4.78 is 12.7. The molecule has 3 heterocycles. The van der Waals surface area contributed by atoms with Gasteiger partial charge in [-0.15, -0.1) is 0 Å². The molecule has 0 radical (unpaired) electrons. The van der Waals surface area contributed by atoms with Crippen LogP contribution < -0.4 is 0 Å². The lowest BCUT2D eigenvalue weighted by atomic mass is 9.96. The number of nitrogens with zero attached hydrogens (tertiary/aromatic N) is 3. The fraction of sp³-hybridized carbons (Fsp3) is 0. The maximum absolute atomic E-state index is 6.47. The average molecular weight is 642 g/mol. The highest BCUT2D eigenvalue weighted by Crippen LogP contribution is 2.41. The van der Waals surface area contributed by atoms with Crippen molar-refractivity contribution in [2.75, 3.05) is 0 Å². The summed E-state index contributed by atoms with van der Waals surface area (Å²) in [6.45, 7) is 0. The van der Waals surface area contributed by atoms with E-state index in [0.717, 1.165) is 82.8 Å². The van der Waals surface area contributed by atoms with Gasteiger partial charge in [-0.3, -0.25) is 0 Å². The number of hydrogen-bond donors (Lipinski definition) is 0. The third-order valence-corrected chi connectivity index (χ3v) is 9.35. The normalized spacial score (nSPS) is 11.6. The molecule has 234 valence electrons. The predicted octanol–water partition coefficient (Wildman–Crippen LogP) is 12.0. The topological polar surface area (TPSA) is 65.0 Å². The Balaban J connectivity index is 1.23. The summed E-state index contributed by atoms with van der Waals surface area (Å²) >= 11 is 0. The van der Waals surface area contributed by atoms with Crippen LogP contribution in [0.3, 0.4) is 0 Å². The Morgan fingerprint density at radius 3 is 1.50 bits per heavy atom. The molecule has 10 rings (SSSR count). The molecule has 5 heteroatoms. The molecule has 10 aromatic rings. The minimum atomic E-state index is 0.557. The van der Waals surface area contributed by atoms with Crippen LogP contribution in [-0.2, 0) is 0 Å². The van der Waals surface area contributed by atoms with E-state index < -0.39 is 0 Å². The average Bonchev–Trinajstić information content (AvgIpc) is 3.77. The van der Waals surface area contributed by atoms with Gasteiger partial charge in [-0.2, -0.15) is 0 Å². The molecular formula is C45H27N3O2. The molecule has 0 saturated carbocycles. The van der Waals surface area contributed by atoms with Crippen LogP contribution in [0, 0.1) is 0 Å². The zero-order valence-corrected chi connectivity index (χ0v) is 26.7. The maximum atomic E-state index is 6.47. The second-order valence-electron chi connectivity index (χ2n) is 12.4. The van der Waals surface area contributed by atoms with E-state index in [1.165, 1.54) is 0 Å². The van der Waals surface area contributed by atoms with Crippen molar-refractivity contribution in [3.63, 3.8) is 0 Å². The van der Waals surface area contributed by atoms with Crippen molar-refractivity contribution in [1.29, 1.82) is 0 Å². The molecule has 0 fully saturated rings. The first-order valence-electron chi connectivity index (χ1n) is 16.6. The molecule has 0 aliphatic rings. The number of benzene rings is 7. The molecule has 0 amide bonds. The molecule has 0 unspecified atom stereocenters. The van der Waals surface area contributed by atoms with Gasteiger partial charge in [0.25, 0.3) is 0 Å². The van der Waals surface area contributed by atoms with E-state index in [2.05, 4.69) is 103 Å². The molecule has 0 aliphatic heterocycles. The summed E-state index contributed by atoms with van der Waals surface area (Å²) in [5.41, 5.74) is 10.3. The molecule has 7 aromatic carbocycles. The predicted molar refractivity (Wildman–Crippen MR) is 202 cm³/mol. The van der Waals surface area contributed by atoms with Gasteiger partial charge in [-0.25, -0.2) is 15.0 Å². The van der Waals surface area contributed by atoms with Crippen LogP contribution in [-0.4, -0.2) is 15.0 Å². The van der Waals surface area contributed by atoms with E-state index in [1.807, 2.05) is 60.7 Å². The Labute approximate surface area is 287 Å². The third-order valence-electron chi connectivity index (χ3n) is 9.35. The van der Waals surface area contributed by atoms with E-state index in [-0.39, 0.29) is 0 Å². The van der Waals surface area contributed by atoms with Crippen molar-refractivity contribution in [1.82, 2.24) is 15.0 Å². The van der Waals surface area contributed by atoms with Crippen LogP contribution in [0.1, 0.15) is 0 Å². The van der Waals surface area contributed by atoms with Crippen LogP contribution in [0.25, 0.3) is 100 Å². The van der Waals surface area contributed by atoms with E-state index in [0.29, 0.717) is 17.5 Å². The summed E-state index contributed by atoms with van der Waals surface area (Å²) in [4.78, 5) is 15.5. The molecule has 0 atom stereocenters. The smallest absolute Gasteiger partial charge is 0.164 e. The molecule has 3 aromatic heterocycles. The number of rotatable bonds is 5. The second kappa shape index (κ2) is 11.4. The van der Waals surface area contributed by atoms with Gasteiger partial charge < -0.3 is 8.83 Å². The summed E-state index contributed by atoms with van der Waals surface area (Å²) in [5, 5.41) is 4.13. The molecule has 5 nitrogen and oxygen atoms in total. The van der Waals surface area contributed by atoms with Gasteiger partial charge in [0, 0.05) is 38.2 Å². The molecule has 0 aliphatic carbocycles. The van der Waals surface area contributed by atoms with Gasteiger partial charge in [0.05, 0.1) is 0 Å². The van der Waals surface area contributed by atoms with Gasteiger partial charge in [0.15, 0.2) is 17.5 Å². The summed E-state index contributed by atoms with van der Waals surface area (Å²) in [6, 6.07) is 55.7. The zero-order chi connectivity index (χ0) is 33.0. The van der Waals surface area contributed by atoms with E-state index >= 15 is 0 Å². The van der Waals surface area contributed by atoms with Crippen LogP contribution in [0.2, 0.25) is 0 Å². The van der Waals surface area contributed by atoms with Crippen LogP contribution in [0.5, 0.6) is 0 Å².